The summed E-state index contributed by atoms with van der Waals surface area (Å²) in [6, 6.07) is 6.32. The number of nitrogens with zero attached hydrogens (tertiary/aromatic N) is 4. The summed E-state index contributed by atoms with van der Waals surface area (Å²) in [7, 11) is 0. The molecule has 2 aromatic rings. The number of H-pyrrole nitrogens is 1. The molecule has 7 nitrogen and oxygen atoms in total. The van der Waals surface area contributed by atoms with Crippen molar-refractivity contribution < 1.29 is 14.0 Å². The number of aromatic amines is 1. The average Bonchev–Trinajstić information content (AvgIpc) is 3.40. The van der Waals surface area contributed by atoms with Gasteiger partial charge in [-0.05, 0) is 25.0 Å². The predicted molar refractivity (Wildman–Crippen MR) is 102 cm³/mol. The molecule has 0 unspecified atom stereocenters. The summed E-state index contributed by atoms with van der Waals surface area (Å²) in [5.74, 6) is -0.391. The molecule has 1 aromatic carbocycles. The van der Waals surface area contributed by atoms with Crippen LogP contribution in [0.4, 0.5) is 4.39 Å². The largest absolute Gasteiger partial charge is 0.342 e. The number of nitrogens with one attached hydrogen (secondary N) is 1. The van der Waals surface area contributed by atoms with Gasteiger partial charge in [-0.25, -0.2) is 4.39 Å². The van der Waals surface area contributed by atoms with Crippen LogP contribution in [-0.2, 0) is 4.79 Å². The van der Waals surface area contributed by atoms with E-state index in [2.05, 4.69) is 15.1 Å². The van der Waals surface area contributed by atoms with Crippen molar-refractivity contribution in [3.05, 3.63) is 41.8 Å². The van der Waals surface area contributed by atoms with Gasteiger partial charge in [0, 0.05) is 44.8 Å². The van der Waals surface area contributed by atoms with E-state index in [9.17, 15) is 14.0 Å². The van der Waals surface area contributed by atoms with E-state index >= 15 is 0 Å². The van der Waals surface area contributed by atoms with Crippen LogP contribution >= 0.6 is 0 Å². The molecule has 2 saturated heterocycles. The number of amides is 2. The van der Waals surface area contributed by atoms with Crippen molar-refractivity contribution in [2.75, 3.05) is 45.8 Å². The Kier molecular flexibility index (Phi) is 5.38. The number of hydrogen-bond acceptors (Lipinski definition) is 4. The van der Waals surface area contributed by atoms with Crippen LogP contribution in [0.5, 0.6) is 0 Å². The number of likely N-dealkylation sites (tertiary alicyclic amines) is 1. The zero-order chi connectivity index (χ0) is 19.5. The second-order valence-electron chi connectivity index (χ2n) is 7.29. The Hall–Kier alpha value is -2.74. The predicted octanol–water partition coefficient (Wildman–Crippen LogP) is 1.60. The van der Waals surface area contributed by atoms with Gasteiger partial charge < -0.3 is 9.80 Å². The van der Waals surface area contributed by atoms with Gasteiger partial charge in [-0.15, -0.1) is 0 Å². The highest BCUT2D eigenvalue weighted by Crippen LogP contribution is 2.25. The summed E-state index contributed by atoms with van der Waals surface area (Å²) in [5.41, 5.74) is 1.10. The fraction of sp³-hybridized carbons (Fsp3) is 0.450. The van der Waals surface area contributed by atoms with Gasteiger partial charge in [0.2, 0.25) is 5.91 Å². The van der Waals surface area contributed by atoms with Gasteiger partial charge in [0.25, 0.3) is 5.91 Å². The Labute approximate surface area is 163 Å². The van der Waals surface area contributed by atoms with E-state index in [1.807, 2.05) is 4.90 Å². The van der Waals surface area contributed by atoms with E-state index in [0.717, 1.165) is 25.9 Å². The minimum Gasteiger partial charge on any atom is -0.342 e. The number of aromatic nitrogens is 2. The highest BCUT2D eigenvalue weighted by molar-refractivity contribution is 5.99. The van der Waals surface area contributed by atoms with E-state index in [1.54, 1.807) is 23.1 Å². The van der Waals surface area contributed by atoms with Gasteiger partial charge in [0.1, 0.15) is 5.82 Å². The van der Waals surface area contributed by atoms with E-state index in [0.29, 0.717) is 49.5 Å². The highest BCUT2D eigenvalue weighted by atomic mass is 19.1. The highest BCUT2D eigenvalue weighted by Gasteiger charge is 2.28. The van der Waals surface area contributed by atoms with Crippen molar-refractivity contribution >= 4 is 11.8 Å². The Balaban J connectivity index is 1.38. The summed E-state index contributed by atoms with van der Waals surface area (Å²) in [5, 5.41) is 6.71. The zero-order valence-corrected chi connectivity index (χ0v) is 15.7. The second kappa shape index (κ2) is 8.10. The molecule has 2 aliphatic rings. The molecule has 148 valence electrons. The average molecular weight is 385 g/mol. The normalized spacial score (nSPS) is 17.9. The first-order valence-corrected chi connectivity index (χ1v) is 9.71. The molecule has 3 heterocycles. The topological polar surface area (TPSA) is 72.5 Å². The third kappa shape index (κ3) is 3.77. The number of piperazine rings is 1. The third-order valence-electron chi connectivity index (χ3n) is 5.49. The SMILES string of the molecule is O=C(CN1CCN(C(=O)c2cn[nH]c2-c2ccccc2F)CC1)N1CCCC1. The van der Waals surface area contributed by atoms with Crippen LogP contribution in [0, 0.1) is 5.82 Å². The number of carbonyl (C=O) groups excluding carboxylic acids is 2. The molecule has 2 aliphatic heterocycles. The Bertz CT molecular complexity index is 854. The van der Waals surface area contributed by atoms with Crippen LogP contribution in [0.25, 0.3) is 11.3 Å². The molecule has 0 aliphatic carbocycles. The monoisotopic (exact) mass is 385 g/mol. The Morgan fingerprint density at radius 1 is 1.00 bits per heavy atom. The molecular formula is C20H24FN5O2. The smallest absolute Gasteiger partial charge is 0.257 e. The summed E-state index contributed by atoms with van der Waals surface area (Å²) >= 11 is 0. The van der Waals surface area contributed by atoms with E-state index in [1.165, 1.54) is 12.3 Å². The molecule has 1 aromatic heterocycles. The first-order chi connectivity index (χ1) is 13.6. The summed E-state index contributed by atoms with van der Waals surface area (Å²) in [6.45, 7) is 4.50. The molecule has 2 fully saturated rings. The Morgan fingerprint density at radius 2 is 1.71 bits per heavy atom. The zero-order valence-electron chi connectivity index (χ0n) is 15.7. The molecule has 0 radical (unpaired) electrons. The number of hydrogen-bond donors (Lipinski definition) is 1. The van der Waals surface area contributed by atoms with E-state index in [4.69, 9.17) is 0 Å². The van der Waals surface area contributed by atoms with Crippen molar-refractivity contribution in [2.45, 2.75) is 12.8 Å². The summed E-state index contributed by atoms with van der Waals surface area (Å²) in [6.07, 6.45) is 3.62. The van der Waals surface area contributed by atoms with Gasteiger partial charge in [-0.1, -0.05) is 12.1 Å². The van der Waals surface area contributed by atoms with Gasteiger partial charge in [0.15, 0.2) is 0 Å². The number of benzene rings is 1. The minimum absolute atomic E-state index is 0.169. The lowest BCUT2D eigenvalue weighted by Gasteiger charge is -2.35. The van der Waals surface area contributed by atoms with Crippen LogP contribution in [0.1, 0.15) is 23.2 Å². The van der Waals surface area contributed by atoms with Crippen LogP contribution in [-0.4, -0.2) is 82.5 Å². The molecule has 8 heteroatoms. The fourth-order valence-corrected chi connectivity index (χ4v) is 3.85. The molecule has 28 heavy (non-hydrogen) atoms. The number of rotatable bonds is 4. The second-order valence-corrected chi connectivity index (χ2v) is 7.29. The Morgan fingerprint density at radius 3 is 2.43 bits per heavy atom. The van der Waals surface area contributed by atoms with Crippen molar-refractivity contribution in [3.63, 3.8) is 0 Å². The van der Waals surface area contributed by atoms with Crippen LogP contribution < -0.4 is 0 Å². The molecule has 2 amide bonds. The third-order valence-corrected chi connectivity index (χ3v) is 5.49. The maximum absolute atomic E-state index is 14.1. The number of carbonyl (C=O) groups is 2. The van der Waals surface area contributed by atoms with Gasteiger partial charge in [-0.3, -0.25) is 19.6 Å². The molecule has 1 N–H and O–H groups in total. The standard InChI is InChI=1S/C20H24FN5O2/c21-17-6-2-1-5-15(17)19-16(13-22-23-19)20(28)26-11-9-24(10-12-26)14-18(27)25-7-3-4-8-25/h1-2,5-6,13H,3-4,7-12,14H2,(H,22,23). The summed E-state index contributed by atoms with van der Waals surface area (Å²) in [4.78, 5) is 31.0. The molecule has 0 atom stereocenters. The lowest BCUT2D eigenvalue weighted by molar-refractivity contribution is -0.131. The van der Waals surface area contributed by atoms with Crippen LogP contribution in [0.2, 0.25) is 0 Å². The molecular weight excluding hydrogens is 361 g/mol. The first-order valence-electron chi connectivity index (χ1n) is 9.71. The molecule has 4 rings (SSSR count). The van der Waals surface area contributed by atoms with E-state index in [-0.39, 0.29) is 11.8 Å². The fourth-order valence-electron chi connectivity index (χ4n) is 3.85. The maximum Gasteiger partial charge on any atom is 0.257 e. The molecule has 0 spiro atoms. The van der Waals surface area contributed by atoms with Gasteiger partial charge >= 0.3 is 0 Å². The van der Waals surface area contributed by atoms with Gasteiger partial charge in [0.05, 0.1) is 24.0 Å². The molecule has 0 bridgehead atoms. The van der Waals surface area contributed by atoms with Gasteiger partial charge in [-0.2, -0.15) is 5.10 Å². The number of halogens is 1. The minimum atomic E-state index is -0.397. The van der Waals surface area contributed by atoms with Crippen molar-refractivity contribution in [1.29, 1.82) is 0 Å². The van der Waals surface area contributed by atoms with Crippen LogP contribution in [0.15, 0.2) is 30.5 Å². The van der Waals surface area contributed by atoms with Crippen molar-refractivity contribution in [3.8, 4) is 11.3 Å². The first kappa shape index (κ1) is 18.6. The van der Waals surface area contributed by atoms with Crippen molar-refractivity contribution in [2.24, 2.45) is 0 Å². The lowest BCUT2D eigenvalue weighted by Crippen LogP contribution is -2.51. The maximum atomic E-state index is 14.1. The quantitative estimate of drug-likeness (QED) is 0.868. The van der Waals surface area contributed by atoms with Crippen LogP contribution in [0.3, 0.4) is 0 Å². The molecule has 0 saturated carbocycles. The van der Waals surface area contributed by atoms with E-state index < -0.39 is 5.82 Å². The van der Waals surface area contributed by atoms with Crippen molar-refractivity contribution in [1.82, 2.24) is 24.9 Å². The lowest BCUT2D eigenvalue weighted by atomic mass is 10.1. The summed E-state index contributed by atoms with van der Waals surface area (Å²) < 4.78 is 14.1.